The van der Waals surface area contributed by atoms with E-state index in [4.69, 9.17) is 0 Å². The molecule has 0 bridgehead atoms. The largest absolute Gasteiger partial charge is 0.312 e. The van der Waals surface area contributed by atoms with E-state index in [1.54, 1.807) is 11.5 Å². The Balaban J connectivity index is 2.68. The number of hydrogen-bond acceptors (Lipinski definition) is 4. The first kappa shape index (κ1) is 14.6. The minimum atomic E-state index is 0.429. The lowest BCUT2D eigenvalue weighted by Crippen LogP contribution is -2.19. The summed E-state index contributed by atoms with van der Waals surface area (Å²) in [5.74, 6) is 0.758. The molecule has 4 heteroatoms. The van der Waals surface area contributed by atoms with Gasteiger partial charge in [0.2, 0.25) is 0 Å². The molecule has 0 aliphatic rings. The van der Waals surface area contributed by atoms with Gasteiger partial charge in [-0.1, -0.05) is 44.5 Å². The molecule has 2 unspecified atom stereocenters. The third kappa shape index (κ3) is 4.36. The van der Waals surface area contributed by atoms with Crippen LogP contribution in [0.5, 0.6) is 0 Å². The van der Waals surface area contributed by atoms with Gasteiger partial charge in [-0.05, 0) is 37.3 Å². The number of rotatable bonds is 8. The summed E-state index contributed by atoms with van der Waals surface area (Å²) in [4.78, 5) is 1.34. The van der Waals surface area contributed by atoms with Crippen molar-refractivity contribution in [3.05, 3.63) is 10.6 Å². The van der Waals surface area contributed by atoms with Crippen LogP contribution in [-0.2, 0) is 6.42 Å². The molecule has 0 saturated carbocycles. The molecule has 1 rings (SSSR count). The van der Waals surface area contributed by atoms with Crippen molar-refractivity contribution in [3.63, 3.8) is 0 Å². The second-order valence-electron chi connectivity index (χ2n) is 4.80. The normalized spacial score (nSPS) is 14.8. The van der Waals surface area contributed by atoms with Crippen LogP contribution in [0, 0.1) is 5.92 Å². The van der Waals surface area contributed by atoms with Crippen LogP contribution in [0.3, 0.4) is 0 Å². The lowest BCUT2D eigenvalue weighted by Gasteiger charge is -2.19. The first-order chi connectivity index (χ1) is 8.22. The van der Waals surface area contributed by atoms with Crippen molar-refractivity contribution >= 4 is 11.5 Å². The summed E-state index contributed by atoms with van der Waals surface area (Å²) in [6.07, 6.45) is 5.93. The van der Waals surface area contributed by atoms with Crippen molar-refractivity contribution in [1.82, 2.24) is 14.9 Å². The van der Waals surface area contributed by atoms with E-state index in [2.05, 4.69) is 35.7 Å². The standard InChI is InChI=1S/C13H25N3S/c1-5-7-10(3)9-12(14-4)13-11(8-6-2)15-16-17-13/h10,12,14H,5-9H2,1-4H3. The monoisotopic (exact) mass is 255 g/mol. The predicted octanol–water partition coefficient (Wildman–Crippen LogP) is 3.58. The highest BCUT2D eigenvalue weighted by Gasteiger charge is 2.19. The lowest BCUT2D eigenvalue weighted by molar-refractivity contribution is 0.408. The van der Waals surface area contributed by atoms with Crippen molar-refractivity contribution in [2.24, 2.45) is 5.92 Å². The quantitative estimate of drug-likeness (QED) is 0.771. The molecule has 0 aliphatic carbocycles. The van der Waals surface area contributed by atoms with Gasteiger partial charge in [0.05, 0.1) is 10.6 Å². The van der Waals surface area contributed by atoms with Crippen LogP contribution < -0.4 is 5.32 Å². The Morgan fingerprint density at radius 3 is 2.65 bits per heavy atom. The highest BCUT2D eigenvalue weighted by atomic mass is 32.1. The molecule has 0 amide bonds. The number of hydrogen-bond donors (Lipinski definition) is 1. The predicted molar refractivity (Wildman–Crippen MR) is 74.4 cm³/mol. The summed E-state index contributed by atoms with van der Waals surface area (Å²) in [5, 5.41) is 7.68. The van der Waals surface area contributed by atoms with Crippen molar-refractivity contribution in [1.29, 1.82) is 0 Å². The van der Waals surface area contributed by atoms with Gasteiger partial charge in [0.25, 0.3) is 0 Å². The molecule has 98 valence electrons. The van der Waals surface area contributed by atoms with Gasteiger partial charge >= 0.3 is 0 Å². The van der Waals surface area contributed by atoms with E-state index in [9.17, 15) is 0 Å². The molecule has 0 aliphatic heterocycles. The van der Waals surface area contributed by atoms with Gasteiger partial charge in [-0.15, -0.1) is 5.10 Å². The molecule has 1 aromatic heterocycles. The van der Waals surface area contributed by atoms with Crippen molar-refractivity contribution in [2.75, 3.05) is 7.05 Å². The fourth-order valence-electron chi connectivity index (χ4n) is 2.26. The van der Waals surface area contributed by atoms with Crippen molar-refractivity contribution in [2.45, 2.75) is 58.9 Å². The van der Waals surface area contributed by atoms with E-state index >= 15 is 0 Å². The van der Waals surface area contributed by atoms with Gasteiger partial charge in [0.1, 0.15) is 0 Å². The maximum atomic E-state index is 4.26. The molecule has 3 nitrogen and oxygen atoms in total. The van der Waals surface area contributed by atoms with Crippen LogP contribution in [0.25, 0.3) is 0 Å². The number of aryl methyl sites for hydroxylation is 1. The van der Waals surface area contributed by atoms with Crippen LogP contribution in [0.1, 0.15) is 63.1 Å². The Morgan fingerprint density at radius 1 is 1.29 bits per heavy atom. The van der Waals surface area contributed by atoms with Crippen LogP contribution >= 0.6 is 11.5 Å². The molecule has 0 radical (unpaired) electrons. The summed E-state index contributed by atoms with van der Waals surface area (Å²) in [7, 11) is 2.04. The summed E-state index contributed by atoms with van der Waals surface area (Å²) in [6, 6.07) is 0.429. The summed E-state index contributed by atoms with van der Waals surface area (Å²) >= 11 is 1.56. The molecular weight excluding hydrogens is 230 g/mol. The zero-order chi connectivity index (χ0) is 12.7. The Kier molecular flexibility index (Phi) is 6.66. The molecule has 0 aromatic carbocycles. The van der Waals surface area contributed by atoms with Crippen LogP contribution in [0.15, 0.2) is 0 Å². The topological polar surface area (TPSA) is 37.8 Å². The number of nitrogens with one attached hydrogen (secondary N) is 1. The fourth-order valence-corrected chi connectivity index (χ4v) is 3.08. The smallest absolute Gasteiger partial charge is 0.0803 e. The molecule has 0 saturated heterocycles. The van der Waals surface area contributed by atoms with Crippen molar-refractivity contribution in [3.8, 4) is 0 Å². The maximum Gasteiger partial charge on any atom is 0.0803 e. The zero-order valence-corrected chi connectivity index (χ0v) is 12.3. The second-order valence-corrected chi connectivity index (χ2v) is 5.59. The highest BCUT2D eigenvalue weighted by molar-refractivity contribution is 7.05. The summed E-state index contributed by atoms with van der Waals surface area (Å²) < 4.78 is 4.11. The molecule has 1 N–H and O–H groups in total. The van der Waals surface area contributed by atoms with Crippen molar-refractivity contribution < 1.29 is 0 Å². The molecule has 17 heavy (non-hydrogen) atoms. The van der Waals surface area contributed by atoms with Gasteiger partial charge < -0.3 is 5.32 Å². The molecule has 0 spiro atoms. The van der Waals surface area contributed by atoms with Gasteiger partial charge in [0.15, 0.2) is 0 Å². The summed E-state index contributed by atoms with van der Waals surface area (Å²) in [5.41, 5.74) is 1.19. The van der Waals surface area contributed by atoms with E-state index in [-0.39, 0.29) is 0 Å². The van der Waals surface area contributed by atoms with E-state index < -0.39 is 0 Å². The minimum absolute atomic E-state index is 0.429. The molecular formula is C13H25N3S. The Hall–Kier alpha value is -0.480. The lowest BCUT2D eigenvalue weighted by atomic mass is 9.95. The molecule has 1 aromatic rings. The maximum absolute atomic E-state index is 4.26. The number of aromatic nitrogens is 2. The zero-order valence-electron chi connectivity index (χ0n) is 11.5. The molecule has 0 fully saturated rings. The van der Waals surface area contributed by atoms with E-state index in [1.807, 2.05) is 7.05 Å². The first-order valence-electron chi connectivity index (χ1n) is 6.71. The van der Waals surface area contributed by atoms with E-state index in [1.165, 1.54) is 29.8 Å². The minimum Gasteiger partial charge on any atom is -0.312 e. The fraction of sp³-hybridized carbons (Fsp3) is 0.846. The highest BCUT2D eigenvalue weighted by Crippen LogP contribution is 2.28. The molecule has 1 heterocycles. The number of nitrogens with zero attached hydrogens (tertiary/aromatic N) is 2. The van der Waals surface area contributed by atoms with Gasteiger partial charge in [-0.3, -0.25) is 0 Å². The Labute approximate surface area is 109 Å². The second kappa shape index (κ2) is 7.77. The van der Waals surface area contributed by atoms with Crippen LogP contribution in [0.2, 0.25) is 0 Å². The molecule has 2 atom stereocenters. The first-order valence-corrected chi connectivity index (χ1v) is 7.48. The third-order valence-corrected chi connectivity index (χ3v) is 4.04. The van der Waals surface area contributed by atoms with E-state index in [0.717, 1.165) is 18.8 Å². The average Bonchev–Trinajstić information content (AvgIpc) is 2.75. The summed E-state index contributed by atoms with van der Waals surface area (Å²) in [6.45, 7) is 6.78. The van der Waals surface area contributed by atoms with Crippen LogP contribution in [-0.4, -0.2) is 16.6 Å². The Morgan fingerprint density at radius 2 is 2.06 bits per heavy atom. The van der Waals surface area contributed by atoms with E-state index in [0.29, 0.717) is 6.04 Å². The third-order valence-electron chi connectivity index (χ3n) is 3.16. The van der Waals surface area contributed by atoms with Gasteiger partial charge in [-0.25, -0.2) is 0 Å². The Bertz CT molecular complexity index is 311. The van der Waals surface area contributed by atoms with Crippen LogP contribution in [0.4, 0.5) is 0 Å². The van der Waals surface area contributed by atoms with Gasteiger partial charge in [-0.2, -0.15) is 0 Å². The van der Waals surface area contributed by atoms with Gasteiger partial charge in [0, 0.05) is 6.04 Å². The SMILES string of the molecule is CCCc1nnsc1C(CC(C)CCC)NC. The average molecular weight is 255 g/mol.